The minimum absolute atomic E-state index is 0.232. The fraction of sp³-hybridized carbons (Fsp3) is 0.333. The summed E-state index contributed by atoms with van der Waals surface area (Å²) in [5, 5.41) is 11.3. The second-order valence-corrected chi connectivity index (χ2v) is 6.00. The Morgan fingerprint density at radius 2 is 1.95 bits per heavy atom. The Labute approximate surface area is 132 Å². The zero-order valence-corrected chi connectivity index (χ0v) is 13.1. The van der Waals surface area contributed by atoms with Crippen molar-refractivity contribution >= 4 is 17.5 Å². The first-order valence-corrected chi connectivity index (χ1v) is 8.29. The van der Waals surface area contributed by atoms with E-state index >= 15 is 0 Å². The molecular formula is C15H19FN5S+. The number of quaternary nitrogens is 1. The van der Waals surface area contributed by atoms with Crippen molar-refractivity contribution in [2.75, 3.05) is 12.0 Å². The maximum Gasteiger partial charge on any atom is 0.214 e. The molecule has 0 amide bonds. The number of nitrogens with zero attached hydrogens (tertiary/aromatic N) is 3. The Hall–Kier alpha value is -1.86. The van der Waals surface area contributed by atoms with Crippen LogP contribution in [0.25, 0.3) is 5.70 Å². The normalized spacial score (nSPS) is 13.5. The van der Waals surface area contributed by atoms with Crippen molar-refractivity contribution in [1.82, 2.24) is 14.9 Å². The molecule has 0 unspecified atom stereocenters. The summed E-state index contributed by atoms with van der Waals surface area (Å²) in [6, 6.07) is 6.45. The van der Waals surface area contributed by atoms with E-state index in [4.69, 9.17) is 0 Å². The van der Waals surface area contributed by atoms with E-state index in [-0.39, 0.29) is 5.82 Å². The van der Waals surface area contributed by atoms with E-state index in [2.05, 4.69) is 21.4 Å². The molecule has 1 aliphatic heterocycles. The lowest BCUT2D eigenvalue weighted by Crippen LogP contribution is -2.50. The average molecular weight is 320 g/mol. The van der Waals surface area contributed by atoms with Crippen LogP contribution in [0, 0.1) is 5.82 Å². The number of hydrogen-bond donors (Lipinski definition) is 2. The van der Waals surface area contributed by atoms with Crippen molar-refractivity contribution in [3.8, 4) is 0 Å². The third kappa shape index (κ3) is 3.31. The number of hydrogen-bond acceptors (Lipinski definition) is 4. The van der Waals surface area contributed by atoms with E-state index in [1.165, 1.54) is 23.9 Å². The molecular weight excluding hydrogens is 301 g/mol. The van der Waals surface area contributed by atoms with Gasteiger partial charge >= 0.3 is 0 Å². The first-order valence-electron chi connectivity index (χ1n) is 7.41. The van der Waals surface area contributed by atoms with Gasteiger partial charge < -0.3 is 5.73 Å². The molecule has 4 N–H and O–H groups in total. The minimum Gasteiger partial charge on any atom is -0.358 e. The highest BCUT2D eigenvalue weighted by Gasteiger charge is 2.18. The van der Waals surface area contributed by atoms with E-state index in [0.717, 1.165) is 54.5 Å². The van der Waals surface area contributed by atoms with Gasteiger partial charge in [-0.15, -0.1) is 10.2 Å². The first-order chi connectivity index (χ1) is 10.8. The van der Waals surface area contributed by atoms with Gasteiger partial charge in [0.1, 0.15) is 5.82 Å². The van der Waals surface area contributed by atoms with E-state index in [9.17, 15) is 4.39 Å². The number of halogens is 1. The average Bonchev–Trinajstić information content (AvgIpc) is 2.95. The highest BCUT2D eigenvalue weighted by molar-refractivity contribution is 8.02. The largest absolute Gasteiger partial charge is 0.358 e. The molecule has 2 heterocycles. The number of thioether (sulfide) groups is 1. The van der Waals surface area contributed by atoms with Crippen molar-refractivity contribution in [3.05, 3.63) is 46.9 Å². The molecule has 3 rings (SSSR count). The van der Waals surface area contributed by atoms with Gasteiger partial charge in [-0.1, -0.05) is 11.8 Å². The number of fused-ring (bicyclic) bond motifs is 1. The van der Waals surface area contributed by atoms with Crippen LogP contribution in [0.4, 0.5) is 4.39 Å². The summed E-state index contributed by atoms with van der Waals surface area (Å²) in [7, 11) is 0. The zero-order valence-electron chi connectivity index (χ0n) is 12.3. The summed E-state index contributed by atoms with van der Waals surface area (Å²) in [4.78, 5) is 0. The highest BCUT2D eigenvalue weighted by atomic mass is 32.2. The molecule has 1 aromatic heterocycles. The van der Waals surface area contributed by atoms with Crippen molar-refractivity contribution in [2.45, 2.75) is 30.8 Å². The molecule has 0 radical (unpaired) electrons. The molecule has 7 heteroatoms. The molecule has 0 bridgehead atoms. The monoisotopic (exact) mass is 320 g/mol. The van der Waals surface area contributed by atoms with Crippen LogP contribution in [0.5, 0.6) is 0 Å². The molecule has 0 spiro atoms. The molecule has 116 valence electrons. The Morgan fingerprint density at radius 3 is 2.73 bits per heavy atom. The molecule has 0 saturated carbocycles. The highest BCUT2D eigenvalue weighted by Crippen LogP contribution is 2.28. The van der Waals surface area contributed by atoms with Crippen molar-refractivity contribution in [2.24, 2.45) is 0 Å². The summed E-state index contributed by atoms with van der Waals surface area (Å²) in [6.45, 7) is 0.976. The Morgan fingerprint density at radius 1 is 1.14 bits per heavy atom. The van der Waals surface area contributed by atoms with Crippen molar-refractivity contribution in [1.29, 1.82) is 0 Å². The minimum atomic E-state index is -0.232. The summed E-state index contributed by atoms with van der Waals surface area (Å²) >= 11 is 1.52. The lowest BCUT2D eigenvalue weighted by atomic mass is 10.2. The predicted molar refractivity (Wildman–Crippen MR) is 84.9 cm³/mol. The van der Waals surface area contributed by atoms with Crippen LogP contribution in [0.15, 0.2) is 34.8 Å². The van der Waals surface area contributed by atoms with Gasteiger partial charge in [0.2, 0.25) is 5.16 Å². The van der Waals surface area contributed by atoms with E-state index in [1.54, 1.807) is 12.1 Å². The molecule has 0 atom stereocenters. The lowest BCUT2D eigenvalue weighted by Gasteiger charge is -2.19. The summed E-state index contributed by atoms with van der Waals surface area (Å²) < 4.78 is 15.0. The standard InChI is InChI=1S/C15H18FN5S/c16-12-7-5-11(6-8-12)13-10-22-15-19-18-14(21(15)20-13)4-2-1-3-9-17/h5-8,10,20H,1-4,9,17H2/p+1. The van der Waals surface area contributed by atoms with Gasteiger partial charge in [0.05, 0.1) is 12.2 Å². The van der Waals surface area contributed by atoms with Gasteiger partial charge in [-0.2, -0.15) is 0 Å². The first kappa shape index (κ1) is 15.1. The molecule has 2 aromatic rings. The molecule has 22 heavy (non-hydrogen) atoms. The van der Waals surface area contributed by atoms with Crippen LogP contribution in [0.3, 0.4) is 0 Å². The maximum absolute atomic E-state index is 13.0. The fourth-order valence-corrected chi connectivity index (χ4v) is 3.06. The van der Waals surface area contributed by atoms with Crippen molar-refractivity contribution < 1.29 is 10.1 Å². The van der Waals surface area contributed by atoms with Crippen LogP contribution in [-0.4, -0.2) is 21.4 Å². The van der Waals surface area contributed by atoms with Gasteiger partial charge in [-0.05, 0) is 43.5 Å². The van der Waals surface area contributed by atoms with Gasteiger partial charge in [-0.3, -0.25) is 5.43 Å². The lowest BCUT2D eigenvalue weighted by molar-refractivity contribution is -0.368. The summed E-state index contributed by atoms with van der Waals surface area (Å²) in [5.74, 6) is 0.697. The SMILES string of the molecule is [NH3+]CCCCCc1nnc2n1NC(c1ccc(F)cc1)=CS2. The number of rotatable bonds is 6. The number of nitrogens with one attached hydrogen (secondary N) is 1. The van der Waals surface area contributed by atoms with Crippen LogP contribution >= 0.6 is 11.8 Å². The second kappa shape index (κ2) is 6.93. The van der Waals surface area contributed by atoms with E-state index in [1.807, 2.05) is 10.1 Å². The van der Waals surface area contributed by atoms with Crippen LogP contribution in [0.1, 0.15) is 30.7 Å². The predicted octanol–water partition coefficient (Wildman–Crippen LogP) is 2.02. The van der Waals surface area contributed by atoms with E-state index in [0.29, 0.717) is 0 Å². The summed E-state index contributed by atoms with van der Waals surface area (Å²) in [6.07, 6.45) is 4.26. The van der Waals surface area contributed by atoms with Gasteiger partial charge in [0, 0.05) is 17.4 Å². The van der Waals surface area contributed by atoms with Gasteiger partial charge in [0.25, 0.3) is 0 Å². The van der Waals surface area contributed by atoms with Crippen LogP contribution < -0.4 is 11.2 Å². The molecule has 0 aliphatic carbocycles. The Kier molecular flexibility index (Phi) is 4.74. The molecule has 1 aromatic carbocycles. The smallest absolute Gasteiger partial charge is 0.214 e. The molecule has 0 saturated heterocycles. The maximum atomic E-state index is 13.0. The quantitative estimate of drug-likeness (QED) is 0.799. The molecule has 1 aliphatic rings. The Balaban J connectivity index is 1.71. The second-order valence-electron chi connectivity index (χ2n) is 5.17. The Bertz CT molecular complexity index is 665. The van der Waals surface area contributed by atoms with Crippen LogP contribution in [0.2, 0.25) is 0 Å². The topological polar surface area (TPSA) is 70.4 Å². The number of aromatic nitrogens is 3. The fourth-order valence-electron chi connectivity index (χ4n) is 2.31. The number of unbranched alkanes of at least 4 members (excludes halogenated alkanes) is 2. The third-order valence-electron chi connectivity index (χ3n) is 3.52. The number of benzene rings is 1. The molecule has 0 fully saturated rings. The summed E-state index contributed by atoms with van der Waals surface area (Å²) in [5.41, 5.74) is 9.04. The van der Waals surface area contributed by atoms with Gasteiger partial charge in [-0.25, -0.2) is 9.07 Å². The van der Waals surface area contributed by atoms with Crippen molar-refractivity contribution in [3.63, 3.8) is 0 Å². The van der Waals surface area contributed by atoms with Crippen LogP contribution in [-0.2, 0) is 6.42 Å². The number of aryl methyl sites for hydroxylation is 1. The zero-order chi connectivity index (χ0) is 15.4. The molecule has 5 nitrogen and oxygen atoms in total. The van der Waals surface area contributed by atoms with Gasteiger partial charge in [0.15, 0.2) is 5.82 Å². The van der Waals surface area contributed by atoms with E-state index < -0.39 is 0 Å². The third-order valence-corrected chi connectivity index (χ3v) is 4.35.